The van der Waals surface area contributed by atoms with Crippen molar-refractivity contribution in [2.45, 2.75) is 96.2 Å². The molecular formula is C57H56F2N4. The van der Waals surface area contributed by atoms with E-state index in [-0.39, 0.29) is 23.0 Å². The Hall–Kier alpha value is -6.27. The standard InChI is InChI=1S/C57H56F2N4/c1-53(2,3)40-30-41-32-42(31-40)61-36-62(49-25-16-15-24-48(49)61)52-45(54(4,5)6)21-17-22-46(52)55(7,8)35-56(9,37-18-11-10-12-19-37)38-28-29-60-51(34-38)63-47-23-14-13-20-43(47)44-27-26-39(33-50(44)63)57(41,58)59/h10-34H,35-36H2,1-9H3/i9D3. The Bertz CT molecular complexity index is 3190. The fourth-order valence-electron chi connectivity index (χ4n) is 10.2. The molecule has 1 unspecified atom stereocenters. The van der Waals surface area contributed by atoms with Crippen LogP contribution in [0.4, 0.5) is 31.5 Å². The molecule has 2 aliphatic rings. The maximum absolute atomic E-state index is 17.8. The van der Waals surface area contributed by atoms with Gasteiger partial charge in [-0.05, 0) is 105 Å². The number of anilines is 4. The molecule has 0 fully saturated rings. The first-order valence-electron chi connectivity index (χ1n) is 23.5. The normalized spacial score (nSPS) is 19.1. The highest BCUT2D eigenvalue weighted by molar-refractivity contribution is 6.09. The molecule has 2 aromatic heterocycles. The molecule has 0 spiro atoms. The van der Waals surface area contributed by atoms with Gasteiger partial charge in [0, 0.05) is 43.3 Å². The van der Waals surface area contributed by atoms with Crippen molar-refractivity contribution in [3.8, 4) is 5.82 Å². The molecule has 318 valence electrons. The van der Waals surface area contributed by atoms with Gasteiger partial charge in [-0.15, -0.1) is 0 Å². The van der Waals surface area contributed by atoms with E-state index in [2.05, 4.69) is 102 Å². The Morgan fingerprint density at radius 1 is 0.603 bits per heavy atom. The number of alkyl halides is 2. The second-order valence-electron chi connectivity index (χ2n) is 20.4. The minimum Gasteiger partial charge on any atom is -0.321 e. The zero-order valence-corrected chi connectivity index (χ0v) is 37.4. The number of para-hydroxylation sites is 4. The number of benzene rings is 6. The van der Waals surface area contributed by atoms with E-state index in [9.17, 15) is 4.11 Å². The number of rotatable bonds is 1. The van der Waals surface area contributed by atoms with Crippen LogP contribution in [-0.4, -0.2) is 16.2 Å². The summed E-state index contributed by atoms with van der Waals surface area (Å²) in [7, 11) is 0. The Balaban J connectivity index is 1.36. The molecule has 63 heavy (non-hydrogen) atoms. The Morgan fingerprint density at radius 2 is 1.30 bits per heavy atom. The lowest BCUT2D eigenvalue weighted by atomic mass is 9.64. The first kappa shape index (κ1) is 37.3. The highest BCUT2D eigenvalue weighted by Crippen LogP contribution is 2.54. The smallest absolute Gasteiger partial charge is 0.298 e. The van der Waals surface area contributed by atoms with Crippen molar-refractivity contribution in [2.24, 2.45) is 0 Å². The van der Waals surface area contributed by atoms with Gasteiger partial charge in [-0.1, -0.05) is 153 Å². The number of nitrogens with zero attached hydrogens (tertiary/aromatic N) is 4. The molecule has 4 nitrogen and oxygen atoms in total. The SMILES string of the molecule is [2H]C([2H])([2H])C1(c2ccccc2)CC(C)(C)c2cccc(C(C)(C)C)c2N2CN(c3cc(C(C)(C)C)cc(c3)C(F)(F)c3ccc4c5ccccc5n(c4c3)-c3cc1ccn3)c1ccccc12. The van der Waals surface area contributed by atoms with Crippen LogP contribution in [-0.2, 0) is 27.6 Å². The van der Waals surface area contributed by atoms with Crippen LogP contribution in [0.15, 0.2) is 152 Å². The minimum absolute atomic E-state index is 0.0943. The summed E-state index contributed by atoms with van der Waals surface area (Å²) in [6, 6.07) is 46.0. The second kappa shape index (κ2) is 14.1. The van der Waals surface area contributed by atoms with E-state index in [1.165, 1.54) is 0 Å². The third-order valence-electron chi connectivity index (χ3n) is 13.5. The van der Waals surface area contributed by atoms with E-state index in [4.69, 9.17) is 4.98 Å². The predicted octanol–water partition coefficient (Wildman–Crippen LogP) is 15.1. The van der Waals surface area contributed by atoms with Crippen LogP contribution >= 0.6 is 0 Å². The van der Waals surface area contributed by atoms with Crippen LogP contribution in [0.25, 0.3) is 27.6 Å². The van der Waals surface area contributed by atoms with Gasteiger partial charge in [-0.2, -0.15) is 8.78 Å². The fraction of sp³-hybridized carbons (Fsp3) is 0.281. The van der Waals surface area contributed by atoms with Crippen LogP contribution in [0.5, 0.6) is 0 Å². The van der Waals surface area contributed by atoms with E-state index >= 15 is 8.78 Å². The van der Waals surface area contributed by atoms with Gasteiger partial charge in [0.15, 0.2) is 0 Å². The monoisotopic (exact) mass is 837 g/mol. The number of aromatic nitrogens is 2. The van der Waals surface area contributed by atoms with Gasteiger partial charge in [0.05, 0.1) is 28.1 Å². The summed E-state index contributed by atoms with van der Waals surface area (Å²) in [4.78, 5) is 9.40. The van der Waals surface area contributed by atoms with Crippen molar-refractivity contribution in [3.63, 3.8) is 0 Å². The molecule has 6 aromatic carbocycles. The third-order valence-corrected chi connectivity index (χ3v) is 13.5. The van der Waals surface area contributed by atoms with Gasteiger partial charge < -0.3 is 9.80 Å². The van der Waals surface area contributed by atoms with E-state index in [0.717, 1.165) is 50.0 Å². The van der Waals surface area contributed by atoms with Crippen molar-refractivity contribution in [1.82, 2.24) is 9.55 Å². The molecule has 0 saturated carbocycles. The summed E-state index contributed by atoms with van der Waals surface area (Å²) in [5.74, 6) is -2.97. The summed E-state index contributed by atoms with van der Waals surface area (Å²) in [6.07, 6.45) is 1.87. The largest absolute Gasteiger partial charge is 0.321 e. The lowest BCUT2D eigenvalue weighted by Crippen LogP contribution is -2.36. The van der Waals surface area contributed by atoms with Crippen molar-refractivity contribution < 1.29 is 12.9 Å². The quantitative estimate of drug-likeness (QED) is 0.165. The number of hydrogen-bond acceptors (Lipinski definition) is 3. The molecule has 0 N–H and O–H groups in total. The van der Waals surface area contributed by atoms with Crippen molar-refractivity contribution >= 4 is 44.6 Å². The molecule has 0 amide bonds. The highest BCUT2D eigenvalue weighted by Gasteiger charge is 2.43. The second-order valence-corrected chi connectivity index (χ2v) is 20.4. The number of fused-ring (bicyclic) bond motifs is 17. The van der Waals surface area contributed by atoms with Crippen LogP contribution in [0, 0.1) is 0 Å². The molecule has 6 heteroatoms. The number of hydrogen-bond donors (Lipinski definition) is 0. The maximum atomic E-state index is 17.8. The molecule has 2 aliphatic heterocycles. The Labute approximate surface area is 375 Å². The van der Waals surface area contributed by atoms with Crippen LogP contribution in [0.2, 0.25) is 0 Å². The van der Waals surface area contributed by atoms with E-state index < -0.39 is 29.0 Å². The van der Waals surface area contributed by atoms with Gasteiger partial charge in [0.1, 0.15) is 12.5 Å². The summed E-state index contributed by atoms with van der Waals surface area (Å²) in [5, 5.41) is 1.67. The van der Waals surface area contributed by atoms with Gasteiger partial charge in [0.2, 0.25) is 0 Å². The summed E-state index contributed by atoms with van der Waals surface area (Å²) >= 11 is 0. The molecule has 1 atom stereocenters. The zero-order chi connectivity index (χ0) is 46.8. The predicted molar refractivity (Wildman–Crippen MR) is 258 cm³/mol. The fourth-order valence-corrected chi connectivity index (χ4v) is 10.2. The molecule has 0 saturated heterocycles. The summed E-state index contributed by atoms with van der Waals surface area (Å²) < 4.78 is 66.7. The lowest BCUT2D eigenvalue weighted by molar-refractivity contribution is 0.0428. The molecule has 8 bridgehead atoms. The van der Waals surface area contributed by atoms with Crippen molar-refractivity contribution in [2.75, 3.05) is 16.5 Å². The average molecular weight is 838 g/mol. The van der Waals surface area contributed by atoms with Gasteiger partial charge in [-0.25, -0.2) is 4.98 Å². The third kappa shape index (κ3) is 6.55. The topological polar surface area (TPSA) is 24.3 Å². The van der Waals surface area contributed by atoms with Crippen molar-refractivity contribution in [3.05, 3.63) is 191 Å². The molecule has 0 aliphatic carbocycles. The summed E-state index contributed by atoms with van der Waals surface area (Å²) in [5.41, 5.74) is 5.57. The van der Waals surface area contributed by atoms with Gasteiger partial charge in [0.25, 0.3) is 5.92 Å². The highest BCUT2D eigenvalue weighted by atomic mass is 19.3. The summed E-state index contributed by atoms with van der Waals surface area (Å²) in [6.45, 7) is 14.9. The average Bonchev–Trinajstić information content (AvgIpc) is 3.83. The van der Waals surface area contributed by atoms with Crippen LogP contribution < -0.4 is 9.80 Å². The number of pyridine rings is 1. The molecule has 4 heterocycles. The van der Waals surface area contributed by atoms with Gasteiger partial charge in [-0.3, -0.25) is 4.57 Å². The lowest BCUT2D eigenvalue weighted by Gasteiger charge is -2.42. The van der Waals surface area contributed by atoms with Gasteiger partial charge >= 0.3 is 0 Å². The molecular weight excluding hydrogens is 779 g/mol. The molecule has 10 rings (SSSR count). The van der Waals surface area contributed by atoms with E-state index in [1.807, 2.05) is 83.4 Å². The molecule has 0 radical (unpaired) electrons. The molecule has 8 aromatic rings. The van der Waals surface area contributed by atoms with Crippen LogP contribution in [0.3, 0.4) is 0 Å². The van der Waals surface area contributed by atoms with E-state index in [1.54, 1.807) is 36.5 Å². The van der Waals surface area contributed by atoms with Crippen LogP contribution in [0.1, 0.15) is 112 Å². The zero-order valence-electron chi connectivity index (χ0n) is 40.4. The minimum atomic E-state index is -3.41. The van der Waals surface area contributed by atoms with Crippen molar-refractivity contribution in [1.29, 1.82) is 0 Å². The Morgan fingerprint density at radius 3 is 2.03 bits per heavy atom. The van der Waals surface area contributed by atoms with E-state index in [0.29, 0.717) is 34.8 Å². The Kier molecular flexibility index (Phi) is 8.36. The first-order chi connectivity index (χ1) is 31.1. The maximum Gasteiger partial charge on any atom is 0.298 e. The number of halogens is 2. The first-order valence-corrected chi connectivity index (χ1v) is 22.0.